The van der Waals surface area contributed by atoms with Gasteiger partial charge >= 0.3 is 0 Å². The number of aryl methyl sites for hydroxylation is 2. The summed E-state index contributed by atoms with van der Waals surface area (Å²) in [4.78, 5) is 17.6. The van der Waals surface area contributed by atoms with Crippen molar-refractivity contribution in [2.24, 2.45) is 4.99 Å². The Balaban J connectivity index is 1.67. The highest BCUT2D eigenvalue weighted by Gasteiger charge is 2.24. The van der Waals surface area contributed by atoms with Gasteiger partial charge in [0.05, 0.1) is 10.6 Å². The van der Waals surface area contributed by atoms with E-state index in [1.807, 2.05) is 18.2 Å². The summed E-state index contributed by atoms with van der Waals surface area (Å²) < 4.78 is 2.25. The topological polar surface area (TPSA) is 46.4 Å². The molecule has 4 rings (SSSR count). The zero-order valence-electron chi connectivity index (χ0n) is 17.1. The Bertz CT molecular complexity index is 1190. The van der Waals surface area contributed by atoms with E-state index in [2.05, 4.69) is 66.0 Å². The maximum absolute atomic E-state index is 12.5. The lowest BCUT2D eigenvalue weighted by Gasteiger charge is -2.13. The average Bonchev–Trinajstić information content (AvgIpc) is 3.20. The Labute approximate surface area is 185 Å². The maximum atomic E-state index is 12.5. The van der Waals surface area contributed by atoms with Crippen molar-refractivity contribution in [2.45, 2.75) is 27.2 Å². The van der Waals surface area contributed by atoms with Gasteiger partial charge in [0.25, 0.3) is 5.91 Å². The molecule has 0 atom stereocenters. The first-order valence-corrected chi connectivity index (χ1v) is 11.0. The predicted octanol–water partition coefficient (Wildman–Crippen LogP) is 6.20. The first-order chi connectivity index (χ1) is 14.5. The molecule has 2 heterocycles. The Morgan fingerprint density at radius 3 is 2.70 bits per heavy atom. The first kappa shape index (κ1) is 20.5. The summed E-state index contributed by atoms with van der Waals surface area (Å²) in [6.45, 7) is 6.34. The minimum atomic E-state index is -0.139. The number of nitrogens with one attached hydrogen (secondary N) is 1. The zero-order chi connectivity index (χ0) is 21.3. The summed E-state index contributed by atoms with van der Waals surface area (Å²) in [7, 11) is 0. The summed E-state index contributed by atoms with van der Waals surface area (Å²) in [5, 5.41) is 4.01. The molecule has 3 aromatic rings. The lowest BCUT2D eigenvalue weighted by atomic mass is 10.1. The van der Waals surface area contributed by atoms with Crippen molar-refractivity contribution in [3.63, 3.8) is 0 Å². The van der Waals surface area contributed by atoms with Gasteiger partial charge < -0.3 is 9.88 Å². The molecule has 0 aliphatic carbocycles. The number of hydrogen-bond acceptors (Lipinski definition) is 3. The summed E-state index contributed by atoms with van der Waals surface area (Å²) in [6, 6.07) is 17.8. The van der Waals surface area contributed by atoms with Gasteiger partial charge in [0.1, 0.15) is 0 Å². The number of aliphatic imine (C=N–C) groups is 1. The van der Waals surface area contributed by atoms with Crippen LogP contribution < -0.4 is 5.32 Å². The van der Waals surface area contributed by atoms with Crippen LogP contribution in [0.25, 0.3) is 11.8 Å². The normalized spacial score (nSPS) is 16.5. The number of hydrogen-bond donors (Lipinski definition) is 1. The number of halogens is 1. The number of amides is 1. The van der Waals surface area contributed by atoms with Gasteiger partial charge in [0.15, 0.2) is 5.17 Å². The van der Waals surface area contributed by atoms with Gasteiger partial charge in [-0.2, -0.15) is 0 Å². The molecule has 0 spiro atoms. The molecule has 2 aromatic carbocycles. The highest BCUT2D eigenvalue weighted by molar-refractivity contribution is 8.18. The number of amidine groups is 1. The molecule has 152 valence electrons. The third-order valence-electron chi connectivity index (χ3n) is 5.06. The van der Waals surface area contributed by atoms with E-state index < -0.39 is 0 Å². The van der Waals surface area contributed by atoms with Gasteiger partial charge in [-0.05, 0) is 79.6 Å². The van der Waals surface area contributed by atoms with E-state index in [9.17, 15) is 4.79 Å². The van der Waals surface area contributed by atoms with Gasteiger partial charge in [-0.1, -0.05) is 42.8 Å². The van der Waals surface area contributed by atoms with Crippen LogP contribution in [0.3, 0.4) is 0 Å². The van der Waals surface area contributed by atoms with Gasteiger partial charge in [0, 0.05) is 22.1 Å². The SMILES string of the molecule is CCc1ccccc1-n1c(C)cc(/C=C2\SC(=Nc3cccc(Cl)c3)NC2=O)c1C. The van der Waals surface area contributed by atoms with Crippen LogP contribution in [0.2, 0.25) is 5.02 Å². The number of carbonyl (C=O) groups excluding carboxylic acids is 1. The van der Waals surface area contributed by atoms with Gasteiger partial charge in [0.2, 0.25) is 0 Å². The number of benzene rings is 2. The van der Waals surface area contributed by atoms with Crippen LogP contribution in [0, 0.1) is 13.8 Å². The van der Waals surface area contributed by atoms with Crippen LogP contribution in [0.4, 0.5) is 5.69 Å². The Kier molecular flexibility index (Phi) is 5.84. The van der Waals surface area contributed by atoms with Crippen LogP contribution in [0.15, 0.2) is 64.5 Å². The number of rotatable bonds is 4. The second-order valence-electron chi connectivity index (χ2n) is 7.11. The van der Waals surface area contributed by atoms with E-state index >= 15 is 0 Å². The molecule has 4 nitrogen and oxygen atoms in total. The van der Waals surface area contributed by atoms with Crippen LogP contribution in [0.5, 0.6) is 0 Å². The molecule has 1 N–H and O–H groups in total. The molecule has 0 bridgehead atoms. The number of carbonyl (C=O) groups is 1. The van der Waals surface area contributed by atoms with E-state index in [0.717, 1.165) is 23.4 Å². The average molecular weight is 436 g/mol. The molecule has 1 aliphatic rings. The lowest BCUT2D eigenvalue weighted by molar-refractivity contribution is -0.115. The Morgan fingerprint density at radius 2 is 1.93 bits per heavy atom. The highest BCUT2D eigenvalue weighted by Crippen LogP contribution is 2.31. The number of para-hydroxylation sites is 1. The fraction of sp³-hybridized carbons (Fsp3) is 0.167. The van der Waals surface area contributed by atoms with E-state index in [1.54, 1.807) is 12.1 Å². The standard InChI is InChI=1S/C24H22ClN3OS/c1-4-17-8-5-6-11-21(17)28-15(2)12-18(16(28)3)13-22-23(29)27-24(30-22)26-20-10-7-9-19(25)14-20/h5-14H,4H2,1-3H3,(H,26,27,29)/b22-13-. The fourth-order valence-electron chi connectivity index (χ4n) is 3.62. The molecule has 0 unspecified atom stereocenters. The van der Waals surface area contributed by atoms with Crippen molar-refractivity contribution < 1.29 is 4.79 Å². The highest BCUT2D eigenvalue weighted by atomic mass is 35.5. The molecule has 6 heteroatoms. The fourth-order valence-corrected chi connectivity index (χ4v) is 4.63. The Morgan fingerprint density at radius 1 is 1.13 bits per heavy atom. The second kappa shape index (κ2) is 8.54. The molecule has 1 aliphatic heterocycles. The molecule has 0 radical (unpaired) electrons. The van der Waals surface area contributed by atoms with Gasteiger partial charge in [-0.3, -0.25) is 4.79 Å². The molecule has 30 heavy (non-hydrogen) atoms. The van der Waals surface area contributed by atoms with Crippen LogP contribution in [-0.2, 0) is 11.2 Å². The maximum Gasteiger partial charge on any atom is 0.264 e. The monoisotopic (exact) mass is 435 g/mol. The summed E-state index contributed by atoms with van der Waals surface area (Å²) in [6.07, 6.45) is 2.90. The van der Waals surface area contributed by atoms with Crippen molar-refractivity contribution in [1.29, 1.82) is 0 Å². The number of nitrogens with zero attached hydrogens (tertiary/aromatic N) is 2. The summed E-state index contributed by atoms with van der Waals surface area (Å²) in [5.74, 6) is -0.139. The molecule has 0 saturated carbocycles. The molecule has 1 aromatic heterocycles. The number of thioether (sulfide) groups is 1. The van der Waals surface area contributed by atoms with Crippen molar-refractivity contribution in [1.82, 2.24) is 9.88 Å². The lowest BCUT2D eigenvalue weighted by Crippen LogP contribution is -2.19. The zero-order valence-corrected chi connectivity index (χ0v) is 18.6. The molecule has 1 saturated heterocycles. The van der Waals surface area contributed by atoms with Crippen LogP contribution >= 0.6 is 23.4 Å². The minimum Gasteiger partial charge on any atom is -0.318 e. The second-order valence-corrected chi connectivity index (χ2v) is 8.57. The molecule has 1 amide bonds. The smallest absolute Gasteiger partial charge is 0.264 e. The predicted molar refractivity (Wildman–Crippen MR) is 127 cm³/mol. The van der Waals surface area contributed by atoms with Crippen molar-refractivity contribution in [2.75, 3.05) is 0 Å². The van der Waals surface area contributed by atoms with Gasteiger partial charge in [-0.25, -0.2) is 4.99 Å². The third-order valence-corrected chi connectivity index (χ3v) is 6.20. The molecule has 1 fully saturated rings. The van der Waals surface area contributed by atoms with E-state index in [-0.39, 0.29) is 5.91 Å². The Hall–Kier alpha value is -2.76. The van der Waals surface area contributed by atoms with Gasteiger partial charge in [-0.15, -0.1) is 0 Å². The third kappa shape index (κ3) is 4.09. The first-order valence-electron chi connectivity index (χ1n) is 9.78. The summed E-state index contributed by atoms with van der Waals surface area (Å²) in [5.41, 5.74) is 6.46. The van der Waals surface area contributed by atoms with Crippen molar-refractivity contribution in [3.8, 4) is 5.69 Å². The van der Waals surface area contributed by atoms with E-state index in [1.165, 1.54) is 23.0 Å². The summed E-state index contributed by atoms with van der Waals surface area (Å²) >= 11 is 7.36. The van der Waals surface area contributed by atoms with Crippen molar-refractivity contribution >= 4 is 46.2 Å². The molecular weight excluding hydrogens is 414 g/mol. The number of aromatic nitrogens is 1. The van der Waals surface area contributed by atoms with Crippen LogP contribution in [0.1, 0.15) is 29.4 Å². The van der Waals surface area contributed by atoms with E-state index in [4.69, 9.17) is 11.6 Å². The quantitative estimate of drug-likeness (QED) is 0.496. The van der Waals surface area contributed by atoms with Crippen molar-refractivity contribution in [3.05, 3.63) is 87.0 Å². The minimum absolute atomic E-state index is 0.139. The molecular formula is C24H22ClN3OS. The van der Waals surface area contributed by atoms with E-state index in [0.29, 0.717) is 20.8 Å². The van der Waals surface area contributed by atoms with Crippen LogP contribution in [-0.4, -0.2) is 15.6 Å². The largest absolute Gasteiger partial charge is 0.318 e.